The standard InChI is InChI=1S/C12H14FNO/c13-9-2-1-8-4-6-15-12(10(8)7-9)11-3-5-14-11/h1-2,7,11-12,14H,3-6H2/t11-,12-/m1/s1. The van der Waals surface area contributed by atoms with Gasteiger partial charge >= 0.3 is 0 Å². The fourth-order valence-electron chi connectivity index (χ4n) is 2.35. The van der Waals surface area contributed by atoms with Crippen LogP contribution in [-0.4, -0.2) is 19.2 Å². The van der Waals surface area contributed by atoms with Gasteiger partial charge in [-0.15, -0.1) is 0 Å². The van der Waals surface area contributed by atoms with E-state index in [1.54, 1.807) is 6.07 Å². The minimum Gasteiger partial charge on any atom is -0.372 e. The molecule has 2 aliphatic heterocycles. The third-order valence-corrected chi connectivity index (χ3v) is 3.31. The van der Waals surface area contributed by atoms with Crippen molar-refractivity contribution in [2.75, 3.05) is 13.2 Å². The van der Waals surface area contributed by atoms with E-state index in [2.05, 4.69) is 5.32 Å². The van der Waals surface area contributed by atoms with Gasteiger partial charge in [0.25, 0.3) is 0 Å². The van der Waals surface area contributed by atoms with Gasteiger partial charge < -0.3 is 10.1 Å². The lowest BCUT2D eigenvalue weighted by molar-refractivity contribution is -0.00171. The monoisotopic (exact) mass is 207 g/mol. The molecule has 0 unspecified atom stereocenters. The molecule has 2 nitrogen and oxygen atoms in total. The number of fused-ring (bicyclic) bond motifs is 1. The molecule has 1 aromatic carbocycles. The van der Waals surface area contributed by atoms with E-state index < -0.39 is 0 Å². The summed E-state index contributed by atoms with van der Waals surface area (Å²) in [4.78, 5) is 0. The molecule has 1 fully saturated rings. The van der Waals surface area contributed by atoms with Crippen molar-refractivity contribution in [3.8, 4) is 0 Å². The number of halogens is 1. The zero-order valence-electron chi connectivity index (χ0n) is 8.50. The Morgan fingerprint density at radius 1 is 1.40 bits per heavy atom. The minimum absolute atomic E-state index is 0.0539. The van der Waals surface area contributed by atoms with E-state index >= 15 is 0 Å². The molecule has 0 radical (unpaired) electrons. The number of hydrogen-bond acceptors (Lipinski definition) is 2. The molecule has 2 aliphatic rings. The van der Waals surface area contributed by atoms with E-state index in [0.29, 0.717) is 6.04 Å². The van der Waals surface area contributed by atoms with Crippen LogP contribution >= 0.6 is 0 Å². The van der Waals surface area contributed by atoms with E-state index in [1.807, 2.05) is 6.07 Å². The lowest BCUT2D eigenvalue weighted by atomic mass is 9.89. The van der Waals surface area contributed by atoms with E-state index in [-0.39, 0.29) is 11.9 Å². The summed E-state index contributed by atoms with van der Waals surface area (Å²) in [6, 6.07) is 5.43. The lowest BCUT2D eigenvalue weighted by Crippen LogP contribution is -2.48. The van der Waals surface area contributed by atoms with Gasteiger partial charge in [-0.1, -0.05) is 6.07 Å². The van der Waals surface area contributed by atoms with Crippen LogP contribution in [0.25, 0.3) is 0 Å². The van der Waals surface area contributed by atoms with Crippen LogP contribution in [0.1, 0.15) is 23.7 Å². The van der Waals surface area contributed by atoms with Crippen LogP contribution in [0.4, 0.5) is 4.39 Å². The molecule has 0 spiro atoms. The van der Waals surface area contributed by atoms with E-state index in [4.69, 9.17) is 4.74 Å². The fraction of sp³-hybridized carbons (Fsp3) is 0.500. The molecule has 0 aliphatic carbocycles. The minimum atomic E-state index is -0.163. The smallest absolute Gasteiger partial charge is 0.123 e. The summed E-state index contributed by atoms with van der Waals surface area (Å²) in [6.45, 7) is 1.80. The summed E-state index contributed by atoms with van der Waals surface area (Å²) in [5.74, 6) is -0.163. The Morgan fingerprint density at radius 3 is 3.00 bits per heavy atom. The second-order valence-corrected chi connectivity index (χ2v) is 4.23. The number of nitrogens with one attached hydrogen (secondary N) is 1. The van der Waals surface area contributed by atoms with Crippen LogP contribution in [0.5, 0.6) is 0 Å². The molecule has 80 valence electrons. The highest BCUT2D eigenvalue weighted by molar-refractivity contribution is 5.33. The Balaban J connectivity index is 1.96. The second-order valence-electron chi connectivity index (χ2n) is 4.23. The zero-order valence-corrected chi connectivity index (χ0v) is 8.50. The van der Waals surface area contributed by atoms with Crippen molar-refractivity contribution in [1.82, 2.24) is 5.32 Å². The first-order chi connectivity index (χ1) is 7.34. The molecule has 0 amide bonds. The quantitative estimate of drug-likeness (QED) is 0.758. The molecule has 1 saturated heterocycles. The van der Waals surface area contributed by atoms with Gasteiger partial charge in [0.15, 0.2) is 0 Å². The highest BCUT2D eigenvalue weighted by Gasteiger charge is 2.32. The predicted octanol–water partition coefficient (Wildman–Crippen LogP) is 1.80. The van der Waals surface area contributed by atoms with Gasteiger partial charge in [-0.25, -0.2) is 4.39 Å². The van der Waals surface area contributed by atoms with E-state index in [1.165, 1.54) is 11.6 Å². The Morgan fingerprint density at radius 2 is 2.27 bits per heavy atom. The first-order valence-corrected chi connectivity index (χ1v) is 5.48. The molecule has 1 aromatic rings. The third-order valence-electron chi connectivity index (χ3n) is 3.31. The second kappa shape index (κ2) is 3.58. The predicted molar refractivity (Wildman–Crippen MR) is 55.2 cm³/mol. The molecule has 15 heavy (non-hydrogen) atoms. The summed E-state index contributed by atoms with van der Waals surface area (Å²) in [5.41, 5.74) is 2.28. The van der Waals surface area contributed by atoms with Crippen molar-refractivity contribution in [2.24, 2.45) is 0 Å². The van der Waals surface area contributed by atoms with Gasteiger partial charge in [-0.05, 0) is 42.6 Å². The fourth-order valence-corrected chi connectivity index (χ4v) is 2.35. The first kappa shape index (κ1) is 9.31. The topological polar surface area (TPSA) is 21.3 Å². The highest BCUT2D eigenvalue weighted by atomic mass is 19.1. The van der Waals surface area contributed by atoms with E-state index in [0.717, 1.165) is 31.6 Å². The van der Waals surface area contributed by atoms with Gasteiger partial charge in [0, 0.05) is 6.04 Å². The normalized spacial score (nSPS) is 29.4. The molecular weight excluding hydrogens is 193 g/mol. The Labute approximate surface area is 88.4 Å². The van der Waals surface area contributed by atoms with Gasteiger partial charge in [-0.3, -0.25) is 0 Å². The molecule has 1 N–H and O–H groups in total. The van der Waals surface area contributed by atoms with Crippen LogP contribution in [0.3, 0.4) is 0 Å². The summed E-state index contributed by atoms with van der Waals surface area (Å²) < 4.78 is 18.9. The zero-order chi connectivity index (χ0) is 10.3. The lowest BCUT2D eigenvalue weighted by Gasteiger charge is -2.38. The molecule has 0 saturated carbocycles. The maximum absolute atomic E-state index is 13.2. The third kappa shape index (κ3) is 1.56. The maximum Gasteiger partial charge on any atom is 0.123 e. The van der Waals surface area contributed by atoms with Gasteiger partial charge in [0.05, 0.1) is 12.7 Å². The van der Waals surface area contributed by atoms with Crippen molar-refractivity contribution < 1.29 is 9.13 Å². The maximum atomic E-state index is 13.2. The van der Waals surface area contributed by atoms with Crippen molar-refractivity contribution in [3.05, 3.63) is 35.1 Å². The largest absolute Gasteiger partial charge is 0.372 e. The molecule has 2 atom stereocenters. The number of benzene rings is 1. The Bertz CT molecular complexity index is 376. The average molecular weight is 207 g/mol. The number of ether oxygens (including phenoxy) is 1. The molecule has 3 heteroatoms. The Hall–Kier alpha value is -0.930. The van der Waals surface area contributed by atoms with Crippen molar-refractivity contribution in [2.45, 2.75) is 25.0 Å². The number of rotatable bonds is 1. The average Bonchev–Trinajstić information content (AvgIpc) is 2.16. The SMILES string of the molecule is Fc1ccc2c(c1)[C@H]([C@H]1CCN1)OCC2. The number of hydrogen-bond donors (Lipinski definition) is 1. The van der Waals surface area contributed by atoms with Crippen LogP contribution in [0.2, 0.25) is 0 Å². The van der Waals surface area contributed by atoms with Crippen LogP contribution in [-0.2, 0) is 11.2 Å². The van der Waals surface area contributed by atoms with Gasteiger partial charge in [-0.2, -0.15) is 0 Å². The van der Waals surface area contributed by atoms with Crippen molar-refractivity contribution in [3.63, 3.8) is 0 Å². The molecule has 3 rings (SSSR count). The highest BCUT2D eigenvalue weighted by Crippen LogP contribution is 2.33. The molecule has 0 aromatic heterocycles. The summed E-state index contributed by atoms with van der Waals surface area (Å²) >= 11 is 0. The molecular formula is C12H14FNO. The molecule has 0 bridgehead atoms. The van der Waals surface area contributed by atoms with Crippen molar-refractivity contribution in [1.29, 1.82) is 0 Å². The molecule has 2 heterocycles. The van der Waals surface area contributed by atoms with Crippen LogP contribution in [0.15, 0.2) is 18.2 Å². The Kier molecular flexibility index (Phi) is 2.22. The van der Waals surface area contributed by atoms with Crippen molar-refractivity contribution >= 4 is 0 Å². The van der Waals surface area contributed by atoms with E-state index in [9.17, 15) is 4.39 Å². The van der Waals surface area contributed by atoms with Crippen LogP contribution < -0.4 is 5.32 Å². The summed E-state index contributed by atoms with van der Waals surface area (Å²) in [5, 5.41) is 3.33. The first-order valence-electron chi connectivity index (χ1n) is 5.48. The summed E-state index contributed by atoms with van der Waals surface area (Å²) in [6.07, 6.45) is 2.08. The van der Waals surface area contributed by atoms with Gasteiger partial charge in [0.2, 0.25) is 0 Å². The van der Waals surface area contributed by atoms with Crippen LogP contribution in [0, 0.1) is 5.82 Å². The van der Waals surface area contributed by atoms with Gasteiger partial charge in [0.1, 0.15) is 5.82 Å². The summed E-state index contributed by atoms with van der Waals surface area (Å²) in [7, 11) is 0.